The van der Waals surface area contributed by atoms with Gasteiger partial charge in [0.05, 0.1) is 6.07 Å². The molecule has 0 spiro atoms. The fourth-order valence-electron chi connectivity index (χ4n) is 1.19. The van der Waals surface area contributed by atoms with E-state index in [1.54, 1.807) is 30.3 Å². The van der Waals surface area contributed by atoms with E-state index in [0.717, 1.165) is 0 Å². The molecule has 0 fully saturated rings. The number of ketones is 1. The van der Waals surface area contributed by atoms with Crippen molar-refractivity contribution in [2.24, 2.45) is 0 Å². The average molecular weight is 252 g/mol. The SMILES string of the molecule is N#CCCNS(=O)(=O)CC(=O)c1ccccc1. The highest BCUT2D eigenvalue weighted by atomic mass is 32.2. The van der Waals surface area contributed by atoms with Crippen molar-refractivity contribution in [2.75, 3.05) is 12.3 Å². The summed E-state index contributed by atoms with van der Waals surface area (Å²) in [5.41, 5.74) is 0.359. The summed E-state index contributed by atoms with van der Waals surface area (Å²) in [6.07, 6.45) is 0.0821. The Morgan fingerprint density at radius 1 is 1.29 bits per heavy atom. The van der Waals surface area contributed by atoms with E-state index in [4.69, 9.17) is 5.26 Å². The van der Waals surface area contributed by atoms with Crippen molar-refractivity contribution in [1.29, 1.82) is 5.26 Å². The number of nitriles is 1. The van der Waals surface area contributed by atoms with Crippen molar-refractivity contribution in [1.82, 2.24) is 4.72 Å². The van der Waals surface area contributed by atoms with Gasteiger partial charge in [0.15, 0.2) is 5.78 Å². The number of carbonyl (C=O) groups excluding carboxylic acids is 1. The lowest BCUT2D eigenvalue weighted by Gasteiger charge is -2.04. The Hall–Kier alpha value is -1.71. The number of nitrogens with one attached hydrogen (secondary N) is 1. The average Bonchev–Trinajstić information content (AvgIpc) is 2.30. The van der Waals surface area contributed by atoms with Crippen LogP contribution in [0.15, 0.2) is 30.3 Å². The van der Waals surface area contributed by atoms with Crippen LogP contribution in [-0.4, -0.2) is 26.5 Å². The van der Waals surface area contributed by atoms with Gasteiger partial charge in [0, 0.05) is 18.5 Å². The van der Waals surface area contributed by atoms with Crippen molar-refractivity contribution in [3.63, 3.8) is 0 Å². The molecule has 1 aromatic rings. The molecule has 0 heterocycles. The van der Waals surface area contributed by atoms with Gasteiger partial charge in [-0.2, -0.15) is 5.26 Å². The minimum absolute atomic E-state index is 0.0287. The molecule has 0 aliphatic heterocycles. The van der Waals surface area contributed by atoms with Gasteiger partial charge in [0.25, 0.3) is 0 Å². The minimum atomic E-state index is -3.65. The normalized spacial score (nSPS) is 10.8. The predicted octanol–water partition coefficient (Wildman–Crippen LogP) is 0.702. The van der Waals surface area contributed by atoms with E-state index in [1.807, 2.05) is 6.07 Å². The zero-order chi connectivity index (χ0) is 12.7. The van der Waals surface area contributed by atoms with Crippen molar-refractivity contribution >= 4 is 15.8 Å². The molecule has 0 aliphatic carbocycles. The zero-order valence-corrected chi connectivity index (χ0v) is 9.90. The summed E-state index contributed by atoms with van der Waals surface area (Å²) in [5.74, 6) is -1.06. The maximum absolute atomic E-state index is 11.6. The van der Waals surface area contributed by atoms with Crippen LogP contribution in [0.25, 0.3) is 0 Å². The van der Waals surface area contributed by atoms with Gasteiger partial charge in [-0.3, -0.25) is 4.79 Å². The molecule has 1 N–H and O–H groups in total. The fraction of sp³-hybridized carbons (Fsp3) is 0.273. The second-order valence-corrected chi connectivity index (χ2v) is 5.16. The number of sulfonamides is 1. The molecule has 0 aromatic heterocycles. The number of hydrogen-bond donors (Lipinski definition) is 1. The monoisotopic (exact) mass is 252 g/mol. The summed E-state index contributed by atoms with van der Waals surface area (Å²) < 4.78 is 25.1. The van der Waals surface area contributed by atoms with Crippen LogP contribution in [0.2, 0.25) is 0 Å². The molecule has 1 rings (SSSR count). The number of Topliss-reactive ketones (excluding diaryl/α,β-unsaturated/α-hetero) is 1. The largest absolute Gasteiger partial charge is 0.293 e. The van der Waals surface area contributed by atoms with E-state index >= 15 is 0 Å². The molecule has 0 amide bonds. The third kappa shape index (κ3) is 4.76. The van der Waals surface area contributed by atoms with Gasteiger partial charge in [-0.05, 0) is 0 Å². The Labute approximate surface area is 100 Å². The van der Waals surface area contributed by atoms with Gasteiger partial charge in [-0.1, -0.05) is 30.3 Å². The number of nitrogens with zero attached hydrogens (tertiary/aromatic N) is 1. The van der Waals surface area contributed by atoms with Crippen LogP contribution in [0.5, 0.6) is 0 Å². The molecule has 6 heteroatoms. The van der Waals surface area contributed by atoms with E-state index in [2.05, 4.69) is 4.72 Å². The number of carbonyl (C=O) groups is 1. The van der Waals surface area contributed by atoms with Crippen LogP contribution < -0.4 is 4.72 Å². The summed E-state index contributed by atoms with van der Waals surface area (Å²) in [4.78, 5) is 11.6. The molecule has 0 aliphatic rings. The first-order chi connectivity index (χ1) is 8.05. The fourth-order valence-corrected chi connectivity index (χ4v) is 2.22. The highest BCUT2D eigenvalue weighted by Gasteiger charge is 2.16. The quantitative estimate of drug-likeness (QED) is 0.596. The zero-order valence-electron chi connectivity index (χ0n) is 9.09. The summed E-state index contributed by atoms with van der Waals surface area (Å²) in [6.45, 7) is 0.0287. The van der Waals surface area contributed by atoms with Crippen LogP contribution in [-0.2, 0) is 10.0 Å². The molecular formula is C11H12N2O3S. The summed E-state index contributed by atoms with van der Waals surface area (Å²) in [5, 5.41) is 8.27. The molecule has 90 valence electrons. The van der Waals surface area contributed by atoms with E-state index in [0.29, 0.717) is 5.56 Å². The molecule has 0 saturated carbocycles. The first kappa shape index (κ1) is 13.4. The Balaban J connectivity index is 2.60. The number of benzene rings is 1. The summed E-state index contributed by atoms with van der Waals surface area (Å²) >= 11 is 0. The summed E-state index contributed by atoms with van der Waals surface area (Å²) in [6, 6.07) is 10.0. The van der Waals surface area contributed by atoms with Crippen LogP contribution in [0, 0.1) is 11.3 Å². The van der Waals surface area contributed by atoms with Crippen molar-refractivity contribution < 1.29 is 13.2 Å². The Morgan fingerprint density at radius 3 is 2.53 bits per heavy atom. The Kier molecular flexibility index (Phi) is 4.82. The van der Waals surface area contributed by atoms with Gasteiger partial charge in [0.2, 0.25) is 10.0 Å². The smallest absolute Gasteiger partial charge is 0.219 e. The standard InChI is InChI=1S/C11H12N2O3S/c12-7-4-8-13-17(15,16)9-11(14)10-5-2-1-3-6-10/h1-3,5-6,13H,4,8-9H2. The number of rotatable bonds is 6. The predicted molar refractivity (Wildman–Crippen MR) is 62.8 cm³/mol. The van der Waals surface area contributed by atoms with Crippen molar-refractivity contribution in [2.45, 2.75) is 6.42 Å². The van der Waals surface area contributed by atoms with Gasteiger partial charge in [0.1, 0.15) is 5.75 Å². The van der Waals surface area contributed by atoms with Gasteiger partial charge in [-0.25, -0.2) is 13.1 Å². The topological polar surface area (TPSA) is 87.0 Å². The van der Waals surface area contributed by atoms with Crippen LogP contribution >= 0.6 is 0 Å². The number of hydrogen-bond acceptors (Lipinski definition) is 4. The summed E-state index contributed by atoms with van der Waals surface area (Å²) in [7, 11) is -3.65. The molecule has 0 atom stereocenters. The van der Waals surface area contributed by atoms with E-state index in [-0.39, 0.29) is 13.0 Å². The maximum Gasteiger partial charge on any atom is 0.219 e. The third-order valence-electron chi connectivity index (χ3n) is 1.98. The highest BCUT2D eigenvalue weighted by molar-refractivity contribution is 7.90. The minimum Gasteiger partial charge on any atom is -0.293 e. The molecule has 0 bridgehead atoms. The second-order valence-electron chi connectivity index (χ2n) is 3.35. The lowest BCUT2D eigenvalue weighted by Crippen LogP contribution is -2.30. The molecule has 5 nitrogen and oxygen atoms in total. The van der Waals surface area contributed by atoms with Crippen LogP contribution in [0.1, 0.15) is 16.8 Å². The third-order valence-corrected chi connectivity index (χ3v) is 3.26. The van der Waals surface area contributed by atoms with Gasteiger partial charge < -0.3 is 0 Å². The highest BCUT2D eigenvalue weighted by Crippen LogP contribution is 2.01. The van der Waals surface area contributed by atoms with Gasteiger partial charge in [-0.15, -0.1) is 0 Å². The lowest BCUT2D eigenvalue weighted by molar-refractivity contribution is 0.102. The van der Waals surface area contributed by atoms with E-state index in [9.17, 15) is 13.2 Å². The Morgan fingerprint density at radius 2 is 1.94 bits per heavy atom. The molecule has 0 saturated heterocycles. The Bertz CT molecular complexity index is 517. The first-order valence-electron chi connectivity index (χ1n) is 4.98. The van der Waals surface area contributed by atoms with Crippen LogP contribution in [0.4, 0.5) is 0 Å². The molecule has 1 aromatic carbocycles. The second kappa shape index (κ2) is 6.13. The lowest BCUT2D eigenvalue weighted by atomic mass is 10.2. The van der Waals surface area contributed by atoms with E-state index < -0.39 is 21.6 Å². The van der Waals surface area contributed by atoms with Crippen molar-refractivity contribution in [3.05, 3.63) is 35.9 Å². The van der Waals surface area contributed by atoms with Gasteiger partial charge >= 0.3 is 0 Å². The van der Waals surface area contributed by atoms with Crippen LogP contribution in [0.3, 0.4) is 0 Å². The van der Waals surface area contributed by atoms with Crippen molar-refractivity contribution in [3.8, 4) is 6.07 Å². The molecule has 0 radical (unpaired) electrons. The maximum atomic E-state index is 11.6. The first-order valence-corrected chi connectivity index (χ1v) is 6.63. The molecule has 0 unspecified atom stereocenters. The molecular weight excluding hydrogens is 240 g/mol. The molecule has 17 heavy (non-hydrogen) atoms. The van der Waals surface area contributed by atoms with E-state index in [1.165, 1.54) is 0 Å².